The third-order valence-corrected chi connectivity index (χ3v) is 6.52. The summed E-state index contributed by atoms with van der Waals surface area (Å²) in [5.41, 5.74) is 3.26. The fourth-order valence-corrected chi connectivity index (χ4v) is 4.79. The van der Waals surface area contributed by atoms with Crippen molar-refractivity contribution in [3.05, 3.63) is 40.0 Å². The van der Waals surface area contributed by atoms with Crippen LogP contribution in [0.1, 0.15) is 40.9 Å². The van der Waals surface area contributed by atoms with Gasteiger partial charge in [0.1, 0.15) is 0 Å². The molecular formula is C22H24ClN3O5. The van der Waals surface area contributed by atoms with Crippen molar-refractivity contribution in [1.82, 2.24) is 14.8 Å². The lowest BCUT2D eigenvalue weighted by Crippen LogP contribution is -2.56. The van der Waals surface area contributed by atoms with Crippen molar-refractivity contribution in [1.29, 1.82) is 0 Å². The van der Waals surface area contributed by atoms with Gasteiger partial charge in [-0.25, -0.2) is 4.79 Å². The fraction of sp³-hybridized carbons (Fsp3) is 0.455. The molecule has 8 nitrogen and oxygen atoms in total. The third kappa shape index (κ3) is 4.17. The van der Waals surface area contributed by atoms with E-state index < -0.39 is 18.1 Å². The number of carbonyl (C=O) groups excluding carboxylic acids is 2. The maximum Gasteiger partial charge on any atom is 0.407 e. The van der Waals surface area contributed by atoms with Gasteiger partial charge < -0.3 is 19.6 Å². The Morgan fingerprint density at radius 3 is 2.74 bits per heavy atom. The quantitative estimate of drug-likeness (QED) is 0.728. The number of methoxy groups -OCH3 is 1. The van der Waals surface area contributed by atoms with Crippen LogP contribution in [0.3, 0.4) is 0 Å². The SMILES string of the molecule is COC(=O)CC1CN(C(=O)c2ccc3c(Cl)c4c(nc3c2)CCCC4)CCN1C(=O)O. The first-order valence-corrected chi connectivity index (χ1v) is 10.7. The summed E-state index contributed by atoms with van der Waals surface area (Å²) in [6.45, 7) is 0.504. The highest BCUT2D eigenvalue weighted by Crippen LogP contribution is 2.33. The van der Waals surface area contributed by atoms with Crippen molar-refractivity contribution in [3.63, 3.8) is 0 Å². The molecule has 2 heterocycles. The second-order valence-corrected chi connectivity index (χ2v) is 8.33. The first-order chi connectivity index (χ1) is 14.9. The number of rotatable bonds is 3. The summed E-state index contributed by atoms with van der Waals surface area (Å²) < 4.78 is 4.68. The Bertz CT molecular complexity index is 1060. The number of aromatic nitrogens is 1. The number of pyridine rings is 1. The molecule has 1 aromatic carbocycles. The largest absolute Gasteiger partial charge is 0.469 e. The topological polar surface area (TPSA) is 100 Å². The molecule has 0 radical (unpaired) electrons. The van der Waals surface area contributed by atoms with Crippen LogP contribution < -0.4 is 0 Å². The van der Waals surface area contributed by atoms with E-state index in [2.05, 4.69) is 4.74 Å². The molecule has 164 valence electrons. The molecule has 1 aliphatic heterocycles. The van der Waals surface area contributed by atoms with Crippen LogP contribution in [0.2, 0.25) is 5.02 Å². The lowest BCUT2D eigenvalue weighted by Gasteiger charge is -2.39. The number of esters is 1. The Kier molecular flexibility index (Phi) is 6.00. The van der Waals surface area contributed by atoms with Crippen molar-refractivity contribution in [2.75, 3.05) is 26.7 Å². The summed E-state index contributed by atoms with van der Waals surface area (Å²) in [6.07, 6.45) is 2.77. The van der Waals surface area contributed by atoms with Gasteiger partial charge in [0.2, 0.25) is 0 Å². The van der Waals surface area contributed by atoms with Crippen LogP contribution in [0.15, 0.2) is 18.2 Å². The van der Waals surface area contributed by atoms with Crippen LogP contribution in [0, 0.1) is 0 Å². The fourth-order valence-electron chi connectivity index (χ4n) is 4.42. The molecule has 1 aromatic heterocycles. The average Bonchev–Trinajstić information content (AvgIpc) is 2.78. The second kappa shape index (κ2) is 8.70. The van der Waals surface area contributed by atoms with E-state index >= 15 is 0 Å². The zero-order chi connectivity index (χ0) is 22.1. The van der Waals surface area contributed by atoms with Crippen molar-refractivity contribution < 1.29 is 24.2 Å². The van der Waals surface area contributed by atoms with Gasteiger partial charge in [-0.15, -0.1) is 0 Å². The van der Waals surface area contributed by atoms with Crippen LogP contribution in [-0.2, 0) is 22.4 Å². The standard InChI is InChI=1S/C22H24ClN3O5/c1-31-19(27)11-14-12-25(8-9-26(14)22(29)30)21(28)13-6-7-16-18(10-13)24-17-5-3-2-4-15(17)20(16)23/h6-7,10,14H,2-5,8-9,11-12H2,1H3,(H,29,30). The molecule has 9 heteroatoms. The van der Waals surface area contributed by atoms with Crippen LogP contribution in [0.5, 0.6) is 0 Å². The number of piperazine rings is 1. The summed E-state index contributed by atoms with van der Waals surface area (Å²) in [6, 6.07) is 4.65. The minimum atomic E-state index is -1.12. The summed E-state index contributed by atoms with van der Waals surface area (Å²) in [7, 11) is 1.26. The van der Waals surface area contributed by atoms with Crippen LogP contribution in [0.25, 0.3) is 10.9 Å². The van der Waals surface area contributed by atoms with Crippen molar-refractivity contribution >= 4 is 40.5 Å². The summed E-state index contributed by atoms with van der Waals surface area (Å²) in [5, 5.41) is 11.0. The van der Waals surface area contributed by atoms with Gasteiger partial charge in [-0.05, 0) is 43.4 Å². The van der Waals surface area contributed by atoms with Crippen LogP contribution in [0.4, 0.5) is 4.79 Å². The molecule has 31 heavy (non-hydrogen) atoms. The van der Waals surface area contributed by atoms with Crippen LogP contribution in [-0.4, -0.2) is 70.6 Å². The molecule has 2 amide bonds. The monoisotopic (exact) mass is 445 g/mol. The van der Waals surface area contributed by atoms with E-state index in [1.54, 1.807) is 17.0 Å². The van der Waals surface area contributed by atoms with E-state index in [0.717, 1.165) is 42.3 Å². The highest BCUT2D eigenvalue weighted by atomic mass is 35.5. The first kappa shape index (κ1) is 21.4. The Hall–Kier alpha value is -2.87. The van der Waals surface area contributed by atoms with Gasteiger partial charge in [0.25, 0.3) is 5.91 Å². The molecular weight excluding hydrogens is 422 g/mol. The number of carboxylic acid groups (broad SMARTS) is 1. The van der Waals surface area contributed by atoms with Gasteiger partial charge in [0, 0.05) is 36.3 Å². The molecule has 0 spiro atoms. The maximum atomic E-state index is 13.2. The van der Waals surface area contributed by atoms with Crippen molar-refractivity contribution in [2.45, 2.75) is 38.1 Å². The van der Waals surface area contributed by atoms with E-state index in [1.807, 2.05) is 6.07 Å². The van der Waals surface area contributed by atoms with E-state index in [4.69, 9.17) is 16.6 Å². The molecule has 0 bridgehead atoms. The second-order valence-electron chi connectivity index (χ2n) is 7.95. The van der Waals surface area contributed by atoms with Gasteiger partial charge >= 0.3 is 12.1 Å². The number of carbonyl (C=O) groups is 3. The van der Waals surface area contributed by atoms with Gasteiger partial charge in [-0.3, -0.25) is 14.6 Å². The minimum absolute atomic E-state index is 0.104. The number of halogens is 1. The van der Waals surface area contributed by atoms with Gasteiger partial charge in [-0.1, -0.05) is 17.7 Å². The van der Waals surface area contributed by atoms with Gasteiger partial charge in [0.15, 0.2) is 0 Å². The van der Waals surface area contributed by atoms with E-state index in [9.17, 15) is 19.5 Å². The smallest absolute Gasteiger partial charge is 0.407 e. The Labute approximate surface area is 184 Å². The molecule has 1 saturated heterocycles. The predicted molar refractivity (Wildman–Crippen MR) is 114 cm³/mol. The third-order valence-electron chi connectivity index (χ3n) is 6.09. The van der Waals surface area contributed by atoms with E-state index in [1.165, 1.54) is 12.0 Å². The average molecular weight is 446 g/mol. The molecule has 2 aromatic rings. The minimum Gasteiger partial charge on any atom is -0.469 e. The normalized spacial score (nSPS) is 18.6. The molecule has 1 aliphatic carbocycles. The number of aryl methyl sites for hydroxylation is 1. The predicted octanol–water partition coefficient (Wildman–Crippen LogP) is 3.13. The lowest BCUT2D eigenvalue weighted by molar-refractivity contribution is -0.142. The summed E-state index contributed by atoms with van der Waals surface area (Å²) >= 11 is 6.63. The summed E-state index contributed by atoms with van der Waals surface area (Å²) in [4.78, 5) is 44.0. The Morgan fingerprint density at radius 1 is 1.23 bits per heavy atom. The summed E-state index contributed by atoms with van der Waals surface area (Å²) in [5.74, 6) is -0.739. The Balaban J connectivity index is 1.59. The number of hydrogen-bond acceptors (Lipinski definition) is 5. The number of benzene rings is 1. The molecule has 4 rings (SSSR count). The van der Waals surface area contributed by atoms with Gasteiger partial charge in [-0.2, -0.15) is 0 Å². The number of ether oxygens (including phenoxy) is 1. The zero-order valence-electron chi connectivity index (χ0n) is 17.3. The lowest BCUT2D eigenvalue weighted by atomic mass is 9.94. The van der Waals surface area contributed by atoms with Crippen molar-refractivity contribution in [3.8, 4) is 0 Å². The first-order valence-electron chi connectivity index (χ1n) is 10.4. The van der Waals surface area contributed by atoms with Crippen LogP contribution >= 0.6 is 11.6 Å². The molecule has 2 aliphatic rings. The molecule has 0 saturated carbocycles. The highest BCUT2D eigenvalue weighted by Gasteiger charge is 2.34. The molecule has 1 unspecified atom stereocenters. The number of nitrogens with zero attached hydrogens (tertiary/aromatic N) is 3. The number of hydrogen-bond donors (Lipinski definition) is 1. The van der Waals surface area contributed by atoms with E-state index in [-0.39, 0.29) is 32.0 Å². The van der Waals surface area contributed by atoms with Gasteiger partial charge in [0.05, 0.1) is 30.1 Å². The molecule has 1 atom stereocenters. The molecule has 1 N–H and O–H groups in total. The maximum absolute atomic E-state index is 13.2. The number of amides is 2. The Morgan fingerprint density at radius 2 is 2.00 bits per heavy atom. The molecule has 1 fully saturated rings. The van der Waals surface area contributed by atoms with E-state index in [0.29, 0.717) is 16.1 Å². The number of fused-ring (bicyclic) bond motifs is 2. The van der Waals surface area contributed by atoms with Crippen molar-refractivity contribution in [2.24, 2.45) is 0 Å². The highest BCUT2D eigenvalue weighted by molar-refractivity contribution is 6.36. The zero-order valence-corrected chi connectivity index (χ0v) is 18.0.